The second-order valence-electron chi connectivity index (χ2n) is 4.76. The standard InChI is InChI=1S/C13H23F2NO2/c1-5-6-11(10(3)16)7-9(2)12(17)8-18-13(4,14)15/h9,11H,3,5-8,16H2,1-2,4H3/t9?,11-/m0/s1. The van der Waals surface area contributed by atoms with Gasteiger partial charge in [-0.2, -0.15) is 8.78 Å². The number of Topliss-reactive ketones (excluding diaryl/α,β-unsaturated/α-hetero) is 1. The molecular weight excluding hydrogens is 240 g/mol. The minimum Gasteiger partial charge on any atom is -0.402 e. The van der Waals surface area contributed by atoms with Crippen LogP contribution in [0.3, 0.4) is 0 Å². The first kappa shape index (κ1) is 17.0. The summed E-state index contributed by atoms with van der Waals surface area (Å²) in [5.74, 6) is -0.640. The van der Waals surface area contributed by atoms with Crippen LogP contribution in [0.15, 0.2) is 12.3 Å². The third kappa shape index (κ3) is 7.37. The summed E-state index contributed by atoms with van der Waals surface area (Å²) in [5.41, 5.74) is 6.20. The number of alkyl halides is 2. The van der Waals surface area contributed by atoms with Crippen molar-refractivity contribution < 1.29 is 18.3 Å². The molecule has 5 heteroatoms. The van der Waals surface area contributed by atoms with Crippen molar-refractivity contribution in [1.82, 2.24) is 0 Å². The van der Waals surface area contributed by atoms with Gasteiger partial charge in [0, 0.05) is 18.5 Å². The highest BCUT2D eigenvalue weighted by molar-refractivity contribution is 5.81. The van der Waals surface area contributed by atoms with Crippen molar-refractivity contribution >= 4 is 5.78 Å². The Labute approximate surface area is 107 Å². The fourth-order valence-electron chi connectivity index (χ4n) is 1.70. The highest BCUT2D eigenvalue weighted by atomic mass is 19.3. The summed E-state index contributed by atoms with van der Waals surface area (Å²) in [6, 6.07) is 0. The molecule has 18 heavy (non-hydrogen) atoms. The molecule has 0 aromatic heterocycles. The summed E-state index contributed by atoms with van der Waals surface area (Å²) >= 11 is 0. The van der Waals surface area contributed by atoms with Crippen LogP contribution in [0.4, 0.5) is 8.78 Å². The number of nitrogens with two attached hydrogens (primary N) is 1. The molecule has 0 saturated carbocycles. The van der Waals surface area contributed by atoms with E-state index in [0.717, 1.165) is 12.8 Å². The van der Waals surface area contributed by atoms with E-state index in [1.807, 2.05) is 6.92 Å². The zero-order valence-electron chi connectivity index (χ0n) is 11.3. The van der Waals surface area contributed by atoms with Gasteiger partial charge in [-0.3, -0.25) is 4.79 Å². The van der Waals surface area contributed by atoms with E-state index in [9.17, 15) is 13.6 Å². The Kier molecular flexibility index (Phi) is 7.06. The molecule has 0 spiro atoms. The van der Waals surface area contributed by atoms with Gasteiger partial charge in [-0.15, -0.1) is 0 Å². The summed E-state index contributed by atoms with van der Waals surface area (Å²) < 4.78 is 29.1. The molecule has 0 heterocycles. The Morgan fingerprint density at radius 1 is 1.50 bits per heavy atom. The number of carbonyl (C=O) groups is 1. The zero-order chi connectivity index (χ0) is 14.3. The van der Waals surface area contributed by atoms with Crippen molar-refractivity contribution in [3.8, 4) is 0 Å². The van der Waals surface area contributed by atoms with E-state index in [-0.39, 0.29) is 17.6 Å². The van der Waals surface area contributed by atoms with Crippen molar-refractivity contribution in [3.05, 3.63) is 12.3 Å². The number of carbonyl (C=O) groups excluding carboxylic acids is 1. The van der Waals surface area contributed by atoms with Crippen molar-refractivity contribution in [1.29, 1.82) is 0 Å². The van der Waals surface area contributed by atoms with Crippen molar-refractivity contribution in [2.75, 3.05) is 6.61 Å². The molecule has 2 N–H and O–H groups in total. The molecular formula is C13H23F2NO2. The lowest BCUT2D eigenvalue weighted by Gasteiger charge is -2.20. The van der Waals surface area contributed by atoms with E-state index in [4.69, 9.17) is 5.73 Å². The van der Waals surface area contributed by atoms with E-state index < -0.39 is 12.7 Å². The van der Waals surface area contributed by atoms with Crippen molar-refractivity contribution in [2.45, 2.75) is 46.1 Å². The fourth-order valence-corrected chi connectivity index (χ4v) is 1.70. The zero-order valence-corrected chi connectivity index (χ0v) is 11.3. The molecule has 0 rings (SSSR count). The van der Waals surface area contributed by atoms with Crippen LogP contribution >= 0.6 is 0 Å². The van der Waals surface area contributed by atoms with Crippen LogP contribution < -0.4 is 5.73 Å². The predicted octanol–water partition coefficient (Wildman–Crippen LogP) is 3.10. The Morgan fingerprint density at radius 2 is 2.06 bits per heavy atom. The number of ketones is 1. The summed E-state index contributed by atoms with van der Waals surface area (Å²) in [6.45, 7) is 7.45. The van der Waals surface area contributed by atoms with Gasteiger partial charge in [0.15, 0.2) is 5.78 Å². The van der Waals surface area contributed by atoms with Gasteiger partial charge in [-0.05, 0) is 18.8 Å². The monoisotopic (exact) mass is 263 g/mol. The third-order valence-corrected chi connectivity index (χ3v) is 2.82. The van der Waals surface area contributed by atoms with Gasteiger partial charge in [-0.25, -0.2) is 0 Å². The Bertz CT molecular complexity index is 287. The van der Waals surface area contributed by atoms with Crippen LogP contribution in [0.25, 0.3) is 0 Å². The Hall–Kier alpha value is -0.970. The number of hydrogen-bond acceptors (Lipinski definition) is 3. The number of allylic oxidation sites excluding steroid dienone is 1. The van der Waals surface area contributed by atoms with Gasteiger partial charge in [0.05, 0.1) is 0 Å². The lowest BCUT2D eigenvalue weighted by Crippen LogP contribution is -2.26. The number of halogens is 2. The van der Waals surface area contributed by atoms with Crippen LogP contribution in [0.1, 0.15) is 40.0 Å². The van der Waals surface area contributed by atoms with Crippen molar-refractivity contribution in [3.63, 3.8) is 0 Å². The van der Waals surface area contributed by atoms with Gasteiger partial charge < -0.3 is 10.5 Å². The SMILES string of the molecule is C=C(N)[C@@H](CCC)CC(C)C(=O)COC(C)(F)F. The molecule has 2 atom stereocenters. The van der Waals surface area contributed by atoms with Crippen LogP contribution in [-0.2, 0) is 9.53 Å². The smallest absolute Gasteiger partial charge is 0.353 e. The molecule has 0 radical (unpaired) electrons. The molecule has 0 aromatic carbocycles. The minimum atomic E-state index is -3.27. The highest BCUT2D eigenvalue weighted by Gasteiger charge is 2.26. The van der Waals surface area contributed by atoms with E-state index in [1.54, 1.807) is 6.92 Å². The van der Waals surface area contributed by atoms with Crippen LogP contribution in [-0.4, -0.2) is 18.5 Å². The average Bonchev–Trinajstić information content (AvgIpc) is 2.23. The molecule has 0 bridgehead atoms. The van der Waals surface area contributed by atoms with Gasteiger partial charge in [0.1, 0.15) is 6.61 Å². The molecule has 0 amide bonds. The van der Waals surface area contributed by atoms with E-state index in [1.165, 1.54) is 0 Å². The van der Waals surface area contributed by atoms with Crippen LogP contribution in [0, 0.1) is 11.8 Å². The first-order chi connectivity index (χ1) is 8.17. The summed E-state index contributed by atoms with van der Waals surface area (Å²) in [4.78, 5) is 11.6. The maximum Gasteiger partial charge on any atom is 0.353 e. The lowest BCUT2D eigenvalue weighted by molar-refractivity contribution is -0.223. The molecule has 0 aliphatic heterocycles. The quantitative estimate of drug-likeness (QED) is 0.695. The topological polar surface area (TPSA) is 52.3 Å². The molecule has 0 aliphatic carbocycles. The Balaban J connectivity index is 4.24. The van der Waals surface area contributed by atoms with Gasteiger partial charge in [-0.1, -0.05) is 26.8 Å². The maximum absolute atomic E-state index is 12.4. The molecule has 1 unspecified atom stereocenters. The van der Waals surface area contributed by atoms with Gasteiger partial charge >= 0.3 is 6.11 Å². The molecule has 0 aliphatic rings. The molecule has 0 saturated heterocycles. The minimum absolute atomic E-state index is 0.0519. The average molecular weight is 263 g/mol. The van der Waals surface area contributed by atoms with E-state index in [0.29, 0.717) is 19.0 Å². The summed E-state index contributed by atoms with van der Waals surface area (Å²) in [6.07, 6.45) is -0.959. The van der Waals surface area contributed by atoms with Crippen molar-refractivity contribution in [2.24, 2.45) is 17.6 Å². The first-order valence-corrected chi connectivity index (χ1v) is 6.16. The van der Waals surface area contributed by atoms with Crippen LogP contribution in [0.2, 0.25) is 0 Å². The van der Waals surface area contributed by atoms with Gasteiger partial charge in [0.25, 0.3) is 0 Å². The predicted molar refractivity (Wildman–Crippen MR) is 67.1 cm³/mol. The van der Waals surface area contributed by atoms with E-state index >= 15 is 0 Å². The Morgan fingerprint density at radius 3 is 2.44 bits per heavy atom. The normalized spacial score (nSPS) is 15.2. The fraction of sp³-hybridized carbons (Fsp3) is 0.769. The van der Waals surface area contributed by atoms with E-state index in [2.05, 4.69) is 11.3 Å². The largest absolute Gasteiger partial charge is 0.402 e. The second-order valence-corrected chi connectivity index (χ2v) is 4.76. The van der Waals surface area contributed by atoms with Crippen LogP contribution in [0.5, 0.6) is 0 Å². The first-order valence-electron chi connectivity index (χ1n) is 6.16. The molecule has 0 fully saturated rings. The maximum atomic E-state index is 12.4. The summed E-state index contributed by atoms with van der Waals surface area (Å²) in [5, 5.41) is 0. The number of hydrogen-bond donors (Lipinski definition) is 1. The highest BCUT2D eigenvalue weighted by Crippen LogP contribution is 2.22. The second kappa shape index (κ2) is 7.46. The number of rotatable bonds is 9. The lowest BCUT2D eigenvalue weighted by atomic mass is 9.88. The summed E-state index contributed by atoms with van der Waals surface area (Å²) in [7, 11) is 0. The molecule has 3 nitrogen and oxygen atoms in total. The molecule has 0 aromatic rings. The van der Waals surface area contributed by atoms with Gasteiger partial charge in [0.2, 0.25) is 0 Å². The third-order valence-electron chi connectivity index (χ3n) is 2.82. The number of ether oxygens (including phenoxy) is 1. The molecule has 106 valence electrons.